The fourth-order valence-electron chi connectivity index (χ4n) is 1.13. The van der Waals surface area contributed by atoms with Gasteiger partial charge in [0.25, 0.3) is 0 Å². The summed E-state index contributed by atoms with van der Waals surface area (Å²) < 4.78 is 5.31. The lowest BCUT2D eigenvalue weighted by Crippen LogP contribution is -2.41. The van der Waals surface area contributed by atoms with Gasteiger partial charge in [-0.2, -0.15) is 0 Å². The van der Waals surface area contributed by atoms with Gasteiger partial charge < -0.3 is 4.74 Å². The molecule has 0 bridgehead atoms. The zero-order valence-electron chi connectivity index (χ0n) is 6.71. The van der Waals surface area contributed by atoms with E-state index in [-0.39, 0.29) is 0 Å². The first kappa shape index (κ1) is 7.76. The van der Waals surface area contributed by atoms with Crippen LogP contribution in [0.2, 0.25) is 0 Å². The summed E-state index contributed by atoms with van der Waals surface area (Å²) in [6.07, 6.45) is 4.26. The van der Waals surface area contributed by atoms with Crippen LogP contribution in [0.25, 0.3) is 0 Å². The van der Waals surface area contributed by atoms with Crippen molar-refractivity contribution < 1.29 is 4.74 Å². The fourth-order valence-corrected chi connectivity index (χ4v) is 1.13. The number of morpholine rings is 1. The van der Waals surface area contributed by atoms with Crippen molar-refractivity contribution in [3.05, 3.63) is 12.2 Å². The first-order valence-corrected chi connectivity index (χ1v) is 3.75. The molecule has 0 amide bonds. The molecule has 1 heterocycles. The lowest BCUT2D eigenvalue weighted by molar-refractivity contribution is 0.0233. The van der Waals surface area contributed by atoms with Crippen LogP contribution in [0.1, 0.15) is 6.92 Å². The molecule has 1 rings (SSSR count). The van der Waals surface area contributed by atoms with Gasteiger partial charge in [-0.15, -0.1) is 0 Å². The summed E-state index contributed by atoms with van der Waals surface area (Å²) in [7, 11) is 2.13. The first-order chi connectivity index (χ1) is 4.84. The van der Waals surface area contributed by atoms with Crippen molar-refractivity contribution in [2.45, 2.75) is 13.0 Å². The van der Waals surface area contributed by atoms with E-state index in [4.69, 9.17) is 4.74 Å². The maximum absolute atomic E-state index is 5.31. The summed E-state index contributed by atoms with van der Waals surface area (Å²) >= 11 is 0. The second-order valence-corrected chi connectivity index (χ2v) is 2.65. The third kappa shape index (κ3) is 1.82. The molecule has 0 spiro atoms. The maximum Gasteiger partial charge on any atom is 0.0658 e. The number of nitrogens with zero attached hydrogens (tertiary/aromatic N) is 1. The Morgan fingerprint density at radius 3 is 3.00 bits per heavy atom. The summed E-state index contributed by atoms with van der Waals surface area (Å²) in [5.41, 5.74) is 0. The van der Waals surface area contributed by atoms with Gasteiger partial charge in [-0.3, -0.25) is 4.90 Å². The van der Waals surface area contributed by atoms with Gasteiger partial charge in [-0.05, 0) is 14.0 Å². The zero-order valence-corrected chi connectivity index (χ0v) is 6.71. The predicted octanol–water partition coefficient (Wildman–Crippen LogP) is 0.893. The maximum atomic E-state index is 5.31. The van der Waals surface area contributed by atoms with Gasteiger partial charge in [0.15, 0.2) is 0 Å². The molecule has 1 saturated heterocycles. The largest absolute Gasteiger partial charge is 0.378 e. The molecule has 1 aliphatic rings. The Morgan fingerprint density at radius 2 is 2.40 bits per heavy atom. The van der Waals surface area contributed by atoms with Crippen LogP contribution >= 0.6 is 0 Å². The van der Waals surface area contributed by atoms with Crippen LogP contribution in [0.5, 0.6) is 0 Å². The van der Waals surface area contributed by atoms with Crippen LogP contribution in [0.3, 0.4) is 0 Å². The first-order valence-electron chi connectivity index (χ1n) is 3.75. The van der Waals surface area contributed by atoms with Gasteiger partial charge in [0.1, 0.15) is 0 Å². The van der Waals surface area contributed by atoms with Crippen molar-refractivity contribution in [1.82, 2.24) is 4.90 Å². The van der Waals surface area contributed by atoms with E-state index in [0.29, 0.717) is 6.04 Å². The molecule has 10 heavy (non-hydrogen) atoms. The lowest BCUT2D eigenvalue weighted by Gasteiger charge is -2.29. The quantitative estimate of drug-likeness (QED) is 0.503. The van der Waals surface area contributed by atoms with Crippen molar-refractivity contribution in [2.24, 2.45) is 0 Å². The Balaban J connectivity index is 2.39. The number of hydrogen-bond acceptors (Lipinski definition) is 2. The van der Waals surface area contributed by atoms with Crippen LogP contribution in [-0.4, -0.2) is 37.7 Å². The van der Waals surface area contributed by atoms with Crippen molar-refractivity contribution >= 4 is 0 Å². The van der Waals surface area contributed by atoms with E-state index in [2.05, 4.69) is 24.1 Å². The van der Waals surface area contributed by atoms with E-state index >= 15 is 0 Å². The summed E-state index contributed by atoms with van der Waals surface area (Å²) in [5, 5.41) is 0. The average molecular weight is 141 g/mol. The van der Waals surface area contributed by atoms with Crippen LogP contribution in [-0.2, 0) is 4.74 Å². The number of allylic oxidation sites excluding steroid dienone is 1. The smallest absolute Gasteiger partial charge is 0.0658 e. The van der Waals surface area contributed by atoms with Crippen LogP contribution in [0.15, 0.2) is 12.2 Å². The zero-order chi connectivity index (χ0) is 7.40. The Bertz CT molecular complexity index is 122. The van der Waals surface area contributed by atoms with Gasteiger partial charge in [-0.25, -0.2) is 0 Å². The Morgan fingerprint density at radius 1 is 1.60 bits per heavy atom. The molecule has 0 aromatic carbocycles. The highest BCUT2D eigenvalue weighted by Crippen LogP contribution is 2.04. The van der Waals surface area contributed by atoms with Crippen molar-refractivity contribution in [1.29, 1.82) is 0 Å². The number of likely N-dealkylation sites (N-methyl/N-ethyl adjacent to an activating group) is 1. The normalized spacial score (nSPS) is 29.6. The summed E-state index contributed by atoms with van der Waals surface area (Å²) in [6.45, 7) is 4.82. The monoisotopic (exact) mass is 141 g/mol. The number of ether oxygens (including phenoxy) is 1. The van der Waals surface area contributed by atoms with Gasteiger partial charge in [0, 0.05) is 6.54 Å². The van der Waals surface area contributed by atoms with E-state index in [1.807, 2.05) is 6.92 Å². The third-order valence-corrected chi connectivity index (χ3v) is 1.86. The minimum atomic E-state index is 0.499. The highest BCUT2D eigenvalue weighted by atomic mass is 16.5. The van der Waals surface area contributed by atoms with Crippen LogP contribution in [0.4, 0.5) is 0 Å². The van der Waals surface area contributed by atoms with E-state index < -0.39 is 0 Å². The van der Waals surface area contributed by atoms with Gasteiger partial charge in [0.2, 0.25) is 0 Å². The molecule has 0 aromatic rings. The number of rotatable bonds is 1. The minimum Gasteiger partial charge on any atom is -0.378 e. The van der Waals surface area contributed by atoms with Gasteiger partial charge in [0.05, 0.1) is 19.3 Å². The Kier molecular flexibility index (Phi) is 2.90. The molecular weight excluding hydrogens is 126 g/mol. The standard InChI is InChI=1S/C8H15NO/c1-3-4-8-7-10-6-5-9(8)2/h3-4,8H,5-7H2,1-2H3. The lowest BCUT2D eigenvalue weighted by atomic mass is 10.2. The SMILES string of the molecule is CC=CC1COCCN1C. The highest BCUT2D eigenvalue weighted by Gasteiger charge is 2.15. The molecule has 1 aliphatic heterocycles. The second-order valence-electron chi connectivity index (χ2n) is 2.65. The summed E-state index contributed by atoms with van der Waals surface area (Å²) in [4.78, 5) is 2.31. The molecule has 0 saturated carbocycles. The van der Waals surface area contributed by atoms with E-state index in [9.17, 15) is 0 Å². The highest BCUT2D eigenvalue weighted by molar-refractivity contribution is 4.92. The average Bonchev–Trinajstić information content (AvgIpc) is 1.94. The van der Waals surface area contributed by atoms with E-state index in [1.165, 1.54) is 0 Å². The molecule has 1 fully saturated rings. The summed E-state index contributed by atoms with van der Waals surface area (Å²) in [5.74, 6) is 0. The molecule has 1 atom stereocenters. The van der Waals surface area contributed by atoms with Crippen molar-refractivity contribution in [3.63, 3.8) is 0 Å². The number of hydrogen-bond donors (Lipinski definition) is 0. The van der Waals surface area contributed by atoms with Gasteiger partial charge >= 0.3 is 0 Å². The van der Waals surface area contributed by atoms with E-state index in [0.717, 1.165) is 19.8 Å². The molecule has 0 aliphatic carbocycles. The minimum absolute atomic E-state index is 0.499. The van der Waals surface area contributed by atoms with Crippen LogP contribution < -0.4 is 0 Å². The topological polar surface area (TPSA) is 12.5 Å². The molecule has 0 aromatic heterocycles. The fraction of sp³-hybridized carbons (Fsp3) is 0.750. The summed E-state index contributed by atoms with van der Waals surface area (Å²) in [6, 6.07) is 0.499. The molecular formula is C8H15NO. The molecule has 0 N–H and O–H groups in total. The van der Waals surface area contributed by atoms with Crippen molar-refractivity contribution in [3.8, 4) is 0 Å². The molecule has 0 radical (unpaired) electrons. The second kappa shape index (κ2) is 3.74. The third-order valence-electron chi connectivity index (χ3n) is 1.86. The molecule has 2 heteroatoms. The van der Waals surface area contributed by atoms with E-state index in [1.54, 1.807) is 0 Å². The van der Waals surface area contributed by atoms with Gasteiger partial charge in [-0.1, -0.05) is 12.2 Å². The molecule has 58 valence electrons. The predicted molar refractivity (Wildman–Crippen MR) is 42.1 cm³/mol. The van der Waals surface area contributed by atoms with Crippen LogP contribution in [0, 0.1) is 0 Å². The molecule has 1 unspecified atom stereocenters. The van der Waals surface area contributed by atoms with Crippen molar-refractivity contribution in [2.75, 3.05) is 26.8 Å². The Hall–Kier alpha value is -0.340. The molecule has 2 nitrogen and oxygen atoms in total. The Labute approximate surface area is 62.5 Å².